The summed E-state index contributed by atoms with van der Waals surface area (Å²) in [6, 6.07) is 8.20. The maximum atomic E-state index is 6.07. The van der Waals surface area contributed by atoms with Crippen LogP contribution in [0.1, 0.15) is 17.0 Å². The molecular formula is C15H13Cl2N3S. The van der Waals surface area contributed by atoms with E-state index in [0.717, 1.165) is 27.5 Å². The van der Waals surface area contributed by atoms with Crippen molar-refractivity contribution in [3.05, 3.63) is 57.8 Å². The van der Waals surface area contributed by atoms with E-state index in [0.29, 0.717) is 17.4 Å². The molecule has 3 rings (SSSR count). The molecule has 2 heterocycles. The highest BCUT2D eigenvalue weighted by molar-refractivity contribution is 7.13. The number of thiazole rings is 1. The van der Waals surface area contributed by atoms with Gasteiger partial charge in [-0.2, -0.15) is 5.10 Å². The number of alkyl halides is 1. The zero-order chi connectivity index (χ0) is 14.8. The zero-order valence-corrected chi connectivity index (χ0v) is 13.7. The van der Waals surface area contributed by atoms with Crippen LogP contribution >= 0.6 is 34.5 Å². The smallest absolute Gasteiger partial charge is 0.124 e. The Morgan fingerprint density at radius 1 is 1.29 bits per heavy atom. The summed E-state index contributed by atoms with van der Waals surface area (Å²) in [5, 5.41) is 8.07. The molecule has 0 aliphatic heterocycles. The van der Waals surface area contributed by atoms with Gasteiger partial charge in [0.15, 0.2) is 0 Å². The Hall–Kier alpha value is -1.36. The maximum absolute atomic E-state index is 6.07. The van der Waals surface area contributed by atoms with E-state index in [1.54, 1.807) is 11.3 Å². The average molecular weight is 338 g/mol. The van der Waals surface area contributed by atoms with Crippen LogP contribution in [-0.2, 0) is 12.4 Å². The van der Waals surface area contributed by atoms with Crippen molar-refractivity contribution in [1.29, 1.82) is 0 Å². The minimum absolute atomic E-state index is 0.437. The molecule has 3 nitrogen and oxygen atoms in total. The highest BCUT2D eigenvalue weighted by Crippen LogP contribution is 2.28. The van der Waals surface area contributed by atoms with E-state index in [9.17, 15) is 0 Å². The van der Waals surface area contributed by atoms with Crippen LogP contribution in [0.15, 0.2) is 35.8 Å². The van der Waals surface area contributed by atoms with Gasteiger partial charge in [0, 0.05) is 17.1 Å². The lowest BCUT2D eigenvalue weighted by Gasteiger charge is -2.07. The van der Waals surface area contributed by atoms with E-state index < -0.39 is 0 Å². The van der Waals surface area contributed by atoms with Gasteiger partial charge in [-0.3, -0.25) is 4.68 Å². The van der Waals surface area contributed by atoms with Crippen LogP contribution in [0.2, 0.25) is 5.02 Å². The normalized spacial score (nSPS) is 11.0. The number of hydrogen-bond donors (Lipinski definition) is 0. The van der Waals surface area contributed by atoms with Gasteiger partial charge in [-0.05, 0) is 12.5 Å². The summed E-state index contributed by atoms with van der Waals surface area (Å²) in [6.07, 6.45) is 1.85. The molecule has 0 aliphatic rings. The van der Waals surface area contributed by atoms with Crippen molar-refractivity contribution in [2.45, 2.75) is 19.3 Å². The Morgan fingerprint density at radius 3 is 2.76 bits per heavy atom. The van der Waals surface area contributed by atoms with Gasteiger partial charge in [0.25, 0.3) is 0 Å². The molecular weight excluding hydrogens is 325 g/mol. The lowest BCUT2D eigenvalue weighted by molar-refractivity contribution is 0.680. The van der Waals surface area contributed by atoms with Crippen molar-refractivity contribution in [1.82, 2.24) is 14.8 Å². The molecule has 0 bridgehead atoms. The van der Waals surface area contributed by atoms with Crippen molar-refractivity contribution in [2.24, 2.45) is 0 Å². The van der Waals surface area contributed by atoms with E-state index in [1.165, 1.54) is 0 Å². The first-order valence-corrected chi connectivity index (χ1v) is 8.25. The van der Waals surface area contributed by atoms with Gasteiger partial charge < -0.3 is 0 Å². The lowest BCUT2D eigenvalue weighted by Crippen LogP contribution is -2.02. The third kappa shape index (κ3) is 3.12. The Morgan fingerprint density at radius 2 is 2.10 bits per heavy atom. The Labute approximate surface area is 137 Å². The molecule has 21 heavy (non-hydrogen) atoms. The number of rotatable bonds is 4. The Balaban J connectivity index is 1.95. The number of hydrogen-bond acceptors (Lipinski definition) is 3. The van der Waals surface area contributed by atoms with Crippen molar-refractivity contribution < 1.29 is 0 Å². The summed E-state index contributed by atoms with van der Waals surface area (Å²) in [7, 11) is 0. The predicted molar refractivity (Wildman–Crippen MR) is 88.2 cm³/mol. The van der Waals surface area contributed by atoms with Gasteiger partial charge in [0.2, 0.25) is 0 Å². The molecule has 6 heteroatoms. The van der Waals surface area contributed by atoms with E-state index in [-0.39, 0.29) is 0 Å². The molecule has 0 unspecified atom stereocenters. The van der Waals surface area contributed by atoms with E-state index in [2.05, 4.69) is 22.2 Å². The first-order chi connectivity index (χ1) is 10.2. The fraction of sp³-hybridized carbons (Fsp3) is 0.200. The van der Waals surface area contributed by atoms with Crippen LogP contribution in [0.25, 0.3) is 10.6 Å². The average Bonchev–Trinajstić information content (AvgIpc) is 3.07. The fourth-order valence-electron chi connectivity index (χ4n) is 2.11. The molecule has 0 aliphatic carbocycles. The first kappa shape index (κ1) is 14.6. The van der Waals surface area contributed by atoms with Gasteiger partial charge in [-0.15, -0.1) is 22.9 Å². The van der Waals surface area contributed by atoms with Crippen molar-refractivity contribution >= 4 is 34.5 Å². The summed E-state index contributed by atoms with van der Waals surface area (Å²) in [6.45, 7) is 2.57. The third-order valence-corrected chi connectivity index (χ3v) is 4.72. The number of aryl methyl sites for hydroxylation is 1. The molecule has 0 saturated carbocycles. The Bertz CT molecular complexity index is 744. The van der Waals surface area contributed by atoms with Gasteiger partial charge in [0.1, 0.15) is 5.01 Å². The fourth-order valence-corrected chi connectivity index (χ4v) is 3.37. The minimum atomic E-state index is 0.437. The van der Waals surface area contributed by atoms with Crippen LogP contribution in [0.3, 0.4) is 0 Å². The van der Waals surface area contributed by atoms with E-state index >= 15 is 0 Å². The third-order valence-electron chi connectivity index (χ3n) is 3.16. The Kier molecular flexibility index (Phi) is 4.29. The predicted octanol–water partition coefficient (Wildman–Crippen LogP) is 4.76. The lowest BCUT2D eigenvalue weighted by atomic mass is 10.1. The molecule has 0 radical (unpaired) electrons. The van der Waals surface area contributed by atoms with Gasteiger partial charge >= 0.3 is 0 Å². The molecule has 0 amide bonds. The summed E-state index contributed by atoms with van der Waals surface area (Å²) in [5.74, 6) is 0.437. The zero-order valence-electron chi connectivity index (χ0n) is 11.4. The molecule has 0 saturated heterocycles. The monoisotopic (exact) mass is 337 g/mol. The topological polar surface area (TPSA) is 30.7 Å². The SMILES string of the molecule is Cc1nn(Cc2ccccc2-c2nc(CCl)cs2)cc1Cl. The maximum Gasteiger partial charge on any atom is 0.124 e. The standard InChI is InChI=1S/C15H13Cl2N3S/c1-10-14(17)8-20(19-10)7-11-4-2-3-5-13(11)15-18-12(6-16)9-21-15/h2-5,8-9H,6-7H2,1H3. The van der Waals surface area contributed by atoms with Crippen molar-refractivity contribution in [2.75, 3.05) is 0 Å². The summed E-state index contributed by atoms with van der Waals surface area (Å²) in [5.41, 5.74) is 4.02. The molecule has 0 atom stereocenters. The number of halogens is 2. The van der Waals surface area contributed by atoms with Crippen LogP contribution in [0.5, 0.6) is 0 Å². The molecule has 0 fully saturated rings. The van der Waals surface area contributed by atoms with Gasteiger partial charge in [0.05, 0.1) is 28.8 Å². The number of benzene rings is 1. The van der Waals surface area contributed by atoms with Gasteiger partial charge in [-0.25, -0.2) is 4.98 Å². The van der Waals surface area contributed by atoms with Crippen LogP contribution in [0.4, 0.5) is 0 Å². The van der Waals surface area contributed by atoms with Crippen LogP contribution in [-0.4, -0.2) is 14.8 Å². The van der Waals surface area contributed by atoms with Crippen LogP contribution < -0.4 is 0 Å². The van der Waals surface area contributed by atoms with Crippen molar-refractivity contribution in [3.63, 3.8) is 0 Å². The molecule has 0 N–H and O–H groups in total. The molecule has 108 valence electrons. The highest BCUT2D eigenvalue weighted by atomic mass is 35.5. The second-order valence-corrected chi connectivity index (χ2v) is 6.23. The highest BCUT2D eigenvalue weighted by Gasteiger charge is 2.10. The molecule has 3 aromatic rings. The largest absolute Gasteiger partial charge is 0.266 e. The number of aromatic nitrogens is 3. The summed E-state index contributed by atoms with van der Waals surface area (Å²) < 4.78 is 1.85. The molecule has 2 aromatic heterocycles. The van der Waals surface area contributed by atoms with Crippen LogP contribution in [0, 0.1) is 6.92 Å². The van der Waals surface area contributed by atoms with E-state index in [1.807, 2.05) is 35.3 Å². The summed E-state index contributed by atoms with van der Waals surface area (Å²) in [4.78, 5) is 4.55. The second-order valence-electron chi connectivity index (χ2n) is 4.69. The second kappa shape index (κ2) is 6.18. The molecule has 1 aromatic carbocycles. The van der Waals surface area contributed by atoms with Gasteiger partial charge in [-0.1, -0.05) is 35.9 Å². The van der Waals surface area contributed by atoms with Crippen molar-refractivity contribution in [3.8, 4) is 10.6 Å². The minimum Gasteiger partial charge on any atom is -0.266 e. The number of nitrogens with zero attached hydrogens (tertiary/aromatic N) is 3. The quantitative estimate of drug-likeness (QED) is 0.643. The molecule has 0 spiro atoms. The first-order valence-electron chi connectivity index (χ1n) is 6.45. The summed E-state index contributed by atoms with van der Waals surface area (Å²) >= 11 is 13.5. The van der Waals surface area contributed by atoms with E-state index in [4.69, 9.17) is 23.2 Å².